The monoisotopic (exact) mass is 437 g/mol. The van der Waals surface area contributed by atoms with Crippen LogP contribution in [0.4, 0.5) is 0 Å². The number of hydrogen-bond acceptors (Lipinski definition) is 2. The maximum absolute atomic E-state index is 10.4. The molecule has 0 bridgehead atoms. The van der Waals surface area contributed by atoms with Crippen molar-refractivity contribution in [3.63, 3.8) is 0 Å². The van der Waals surface area contributed by atoms with Gasteiger partial charge in [0, 0.05) is 24.0 Å². The van der Waals surface area contributed by atoms with E-state index in [0.29, 0.717) is 6.04 Å². The van der Waals surface area contributed by atoms with Crippen LogP contribution in [-0.4, -0.2) is 34.8 Å². The topological polar surface area (TPSA) is 40.5 Å². The van der Waals surface area contributed by atoms with Crippen LogP contribution in [-0.2, 0) is 12.8 Å². The largest absolute Gasteiger partial charge is 1.00 e. The highest BCUT2D eigenvalue weighted by molar-refractivity contribution is 5.82. The summed E-state index contributed by atoms with van der Waals surface area (Å²) in [5.41, 5.74) is 5.90. The van der Waals surface area contributed by atoms with Crippen LogP contribution in [0.1, 0.15) is 36.1 Å². The summed E-state index contributed by atoms with van der Waals surface area (Å²) >= 11 is 0. The molecule has 2 aromatic rings. The van der Waals surface area contributed by atoms with E-state index in [9.17, 15) is 10.2 Å². The average molecular weight is 437 g/mol. The van der Waals surface area contributed by atoms with E-state index in [1.54, 1.807) is 6.07 Å². The summed E-state index contributed by atoms with van der Waals surface area (Å²) in [5, 5.41) is 20.4. The molecule has 1 aliphatic carbocycles. The Morgan fingerprint density at radius 2 is 1.92 bits per heavy atom. The number of halogens is 1. The van der Waals surface area contributed by atoms with Crippen LogP contribution in [0.2, 0.25) is 0 Å². The molecule has 1 unspecified atom stereocenters. The van der Waals surface area contributed by atoms with Crippen molar-refractivity contribution in [2.75, 3.05) is 20.1 Å². The fourth-order valence-corrected chi connectivity index (χ4v) is 4.69. The molecule has 0 amide bonds. The standard InChI is InChI=1S/C20H23NO2.HI/c1-3-10-21(2)11-9-13-5-4-6-15-18(13)16(21)12-14-7-8-17(22)20(23)19(14)15;/h4-8,16H,3,9-12H2,1-2H3,(H-,22,23);1H/t16-,21?;/m0./s1. The zero-order valence-corrected chi connectivity index (χ0v) is 16.4. The van der Waals surface area contributed by atoms with Crippen LogP contribution in [0.5, 0.6) is 11.5 Å². The van der Waals surface area contributed by atoms with Crippen molar-refractivity contribution in [2.24, 2.45) is 0 Å². The second-order valence-electron chi connectivity index (χ2n) is 7.24. The Balaban J connectivity index is 0.00000169. The first-order valence-corrected chi connectivity index (χ1v) is 8.55. The highest BCUT2D eigenvalue weighted by Crippen LogP contribution is 2.51. The predicted molar refractivity (Wildman–Crippen MR) is 91.6 cm³/mol. The second kappa shape index (κ2) is 6.23. The summed E-state index contributed by atoms with van der Waals surface area (Å²) in [6.07, 6.45) is 3.20. The molecule has 0 fully saturated rings. The van der Waals surface area contributed by atoms with Crippen molar-refractivity contribution in [1.82, 2.24) is 0 Å². The highest BCUT2D eigenvalue weighted by atomic mass is 127. The van der Waals surface area contributed by atoms with Gasteiger partial charge in [-0.05, 0) is 29.2 Å². The van der Waals surface area contributed by atoms with Crippen molar-refractivity contribution >= 4 is 0 Å². The third-order valence-corrected chi connectivity index (χ3v) is 5.83. The van der Waals surface area contributed by atoms with E-state index in [-0.39, 0.29) is 35.5 Å². The Bertz CT molecular complexity index is 789. The molecule has 2 N–H and O–H groups in total. The van der Waals surface area contributed by atoms with E-state index in [2.05, 4.69) is 32.2 Å². The smallest absolute Gasteiger partial charge is 0.165 e. The number of likely N-dealkylation sites (N-methyl/N-ethyl adjacent to an activating group) is 1. The van der Waals surface area contributed by atoms with Crippen LogP contribution < -0.4 is 24.0 Å². The normalized spacial score (nSPS) is 23.8. The van der Waals surface area contributed by atoms with Gasteiger partial charge in [0.15, 0.2) is 11.5 Å². The van der Waals surface area contributed by atoms with Gasteiger partial charge in [0.2, 0.25) is 0 Å². The van der Waals surface area contributed by atoms with Crippen molar-refractivity contribution in [3.8, 4) is 22.6 Å². The lowest BCUT2D eigenvalue weighted by Gasteiger charge is -2.48. The molecule has 0 spiro atoms. The van der Waals surface area contributed by atoms with E-state index >= 15 is 0 Å². The van der Waals surface area contributed by atoms with E-state index in [1.165, 1.54) is 30.6 Å². The number of aromatic hydroxyl groups is 2. The number of phenolic OH excluding ortho intramolecular Hbond substituents is 2. The van der Waals surface area contributed by atoms with Crippen molar-refractivity contribution < 1.29 is 38.7 Å². The molecule has 0 saturated carbocycles. The van der Waals surface area contributed by atoms with Gasteiger partial charge in [0.25, 0.3) is 0 Å². The molecule has 1 aliphatic heterocycles. The van der Waals surface area contributed by atoms with Gasteiger partial charge in [-0.25, -0.2) is 0 Å². The molecule has 1 heterocycles. The van der Waals surface area contributed by atoms with Gasteiger partial charge in [-0.15, -0.1) is 0 Å². The summed E-state index contributed by atoms with van der Waals surface area (Å²) in [7, 11) is 2.37. The highest BCUT2D eigenvalue weighted by Gasteiger charge is 2.43. The number of benzene rings is 2. The molecule has 2 aromatic carbocycles. The lowest BCUT2D eigenvalue weighted by atomic mass is 9.75. The van der Waals surface area contributed by atoms with Crippen LogP contribution in [0.25, 0.3) is 11.1 Å². The van der Waals surface area contributed by atoms with Gasteiger partial charge in [-0.2, -0.15) is 0 Å². The fraction of sp³-hybridized carbons (Fsp3) is 0.400. The summed E-state index contributed by atoms with van der Waals surface area (Å²) < 4.78 is 1.07. The van der Waals surface area contributed by atoms with Crippen LogP contribution in [0, 0.1) is 0 Å². The molecule has 24 heavy (non-hydrogen) atoms. The summed E-state index contributed by atoms with van der Waals surface area (Å²) in [5.74, 6) is 0.00559. The van der Waals surface area contributed by atoms with E-state index < -0.39 is 0 Å². The first-order valence-electron chi connectivity index (χ1n) is 8.55. The maximum atomic E-state index is 10.4. The van der Waals surface area contributed by atoms with Gasteiger partial charge in [-0.3, -0.25) is 0 Å². The molecule has 4 rings (SSSR count). The SMILES string of the molecule is CCC[N+]1(C)CCc2cccc3c2[C@@H]1Cc1ccc(O)c(O)c1-3.[I-]. The van der Waals surface area contributed by atoms with Crippen molar-refractivity contribution in [3.05, 3.63) is 47.0 Å². The molecule has 0 radical (unpaired) electrons. The van der Waals surface area contributed by atoms with Crippen LogP contribution in [0.3, 0.4) is 0 Å². The second-order valence-corrected chi connectivity index (χ2v) is 7.24. The Morgan fingerprint density at radius 3 is 2.67 bits per heavy atom. The van der Waals surface area contributed by atoms with Gasteiger partial charge in [-0.1, -0.05) is 31.2 Å². The Kier molecular flexibility index (Phi) is 4.55. The minimum Gasteiger partial charge on any atom is -1.00 e. The quantitative estimate of drug-likeness (QED) is 0.414. The average Bonchev–Trinajstić information content (AvgIpc) is 2.55. The van der Waals surface area contributed by atoms with E-state index in [4.69, 9.17) is 0 Å². The number of rotatable bonds is 2. The number of hydrogen-bond donors (Lipinski definition) is 2. The van der Waals surface area contributed by atoms with E-state index in [1.807, 2.05) is 6.07 Å². The third-order valence-electron chi connectivity index (χ3n) is 5.83. The lowest BCUT2D eigenvalue weighted by molar-refractivity contribution is -0.941. The molecule has 3 nitrogen and oxygen atoms in total. The van der Waals surface area contributed by atoms with Crippen LogP contribution in [0.15, 0.2) is 30.3 Å². The zero-order chi connectivity index (χ0) is 16.2. The van der Waals surface area contributed by atoms with Crippen molar-refractivity contribution in [1.29, 1.82) is 0 Å². The number of nitrogens with zero attached hydrogens (tertiary/aromatic N) is 1. The molecular formula is C20H24INO2. The lowest BCUT2D eigenvalue weighted by Crippen LogP contribution is -3.00. The van der Waals surface area contributed by atoms with Crippen molar-refractivity contribution in [2.45, 2.75) is 32.2 Å². The summed E-state index contributed by atoms with van der Waals surface area (Å²) in [6.45, 7) is 4.61. The van der Waals surface area contributed by atoms with Gasteiger partial charge in [0.1, 0.15) is 6.04 Å². The minimum atomic E-state index is -0.0265. The number of phenols is 2. The third kappa shape index (κ3) is 2.42. The number of fused-ring (bicyclic) bond motifs is 2. The Morgan fingerprint density at radius 1 is 1.12 bits per heavy atom. The minimum absolute atomic E-state index is 0. The zero-order valence-electron chi connectivity index (χ0n) is 14.2. The molecular weight excluding hydrogens is 413 g/mol. The number of quaternary nitrogens is 1. The summed E-state index contributed by atoms with van der Waals surface area (Å²) in [4.78, 5) is 0. The first-order chi connectivity index (χ1) is 11.0. The molecule has 2 aliphatic rings. The first kappa shape index (κ1) is 17.5. The van der Waals surface area contributed by atoms with Crippen LogP contribution >= 0.6 is 0 Å². The molecule has 2 atom stereocenters. The van der Waals surface area contributed by atoms with Gasteiger partial charge >= 0.3 is 0 Å². The summed E-state index contributed by atoms with van der Waals surface area (Å²) in [6, 6.07) is 10.5. The molecule has 4 heteroatoms. The maximum Gasteiger partial charge on any atom is 0.165 e. The van der Waals surface area contributed by atoms with E-state index in [0.717, 1.165) is 34.0 Å². The molecule has 0 aromatic heterocycles. The fourth-order valence-electron chi connectivity index (χ4n) is 4.69. The van der Waals surface area contributed by atoms with Gasteiger partial charge < -0.3 is 38.7 Å². The predicted octanol–water partition coefficient (Wildman–Crippen LogP) is 0.779. The molecule has 128 valence electrons. The molecule has 0 saturated heterocycles. The Labute approximate surface area is 160 Å². The Hall–Kier alpha value is -1.27. The van der Waals surface area contributed by atoms with Gasteiger partial charge in [0.05, 0.1) is 20.1 Å².